The third kappa shape index (κ3) is 10.3. The number of benzene rings is 16. The van der Waals surface area contributed by atoms with Crippen molar-refractivity contribution in [3.8, 4) is 129 Å². The first-order valence-corrected chi connectivity index (χ1v) is 40.6. The van der Waals surface area contributed by atoms with E-state index in [0.717, 1.165) is 99.4 Å². The van der Waals surface area contributed by atoms with Crippen molar-refractivity contribution in [3.05, 3.63) is 390 Å². The van der Waals surface area contributed by atoms with E-state index in [9.17, 15) is 5.26 Å². The summed E-state index contributed by atoms with van der Waals surface area (Å²) in [6.45, 7) is 18.8. The molecule has 23 rings (SSSR count). The highest BCUT2D eigenvalue weighted by Crippen LogP contribution is 2.56. The zero-order valence-electron chi connectivity index (χ0n) is 66.1. The fourth-order valence-electron chi connectivity index (χ4n) is 20.5. The summed E-state index contributed by atoms with van der Waals surface area (Å²) in [6, 6.07) is 125. The minimum atomic E-state index is -0.120. The second-order valence-electron chi connectivity index (χ2n) is 34.4. The molecule has 0 saturated carbocycles. The molecular weight excluding hydrogens is 1400 g/mol. The number of hydrogen-bond acceptors (Lipinski definition) is 4. The molecule has 116 heavy (non-hydrogen) atoms. The van der Waals surface area contributed by atoms with Gasteiger partial charge in [-0.25, -0.2) is 9.97 Å². The van der Waals surface area contributed by atoms with Gasteiger partial charge in [0.1, 0.15) is 0 Å². The molecule has 0 radical (unpaired) electrons. The van der Waals surface area contributed by atoms with Gasteiger partial charge in [0, 0.05) is 71.5 Å². The van der Waals surface area contributed by atoms with E-state index < -0.39 is 0 Å². The Kier molecular flexibility index (Phi) is 15.1. The van der Waals surface area contributed by atoms with Gasteiger partial charge in [-0.2, -0.15) is 5.26 Å². The van der Waals surface area contributed by atoms with Crippen molar-refractivity contribution in [3.63, 3.8) is 0 Å². The van der Waals surface area contributed by atoms with Crippen LogP contribution in [0.3, 0.4) is 0 Å². The summed E-state index contributed by atoms with van der Waals surface area (Å²) >= 11 is 0. The molecule has 0 unspecified atom stereocenters. The maximum Gasteiger partial charge on any atom is 0.0991 e. The number of pyridine rings is 3. The summed E-state index contributed by atoms with van der Waals surface area (Å²) in [6.07, 6.45) is 1.90. The lowest BCUT2D eigenvalue weighted by atomic mass is 9.81. The summed E-state index contributed by atoms with van der Waals surface area (Å²) in [5.41, 5.74) is 40.5. The number of rotatable bonds is 7. The molecule has 0 N–H and O–H groups in total. The molecule has 0 fully saturated rings. The SMILES string of the molecule is CC1(C)c2ccccc2-c2ccc(-c3cc(-c4ccc(-c5c6ccccc6cc6cccnc56)cc4)c4cc(-c5ccc6c(c5)C(C)(C)c5ccccc5-6)c5ccccc5c4n3)cc21.CC1(C)c2ccccc2-c2ccc(-c3cc(-c4ccc(C#N)cc4)c4cc(-c5ccc6c(c5)C(C)(C)c5ccccc5-6)c5ccccc5c4n3)cc21. The Bertz CT molecular complexity index is 7450. The molecular formula is C112H80N4. The van der Waals surface area contributed by atoms with Crippen LogP contribution in [-0.4, -0.2) is 15.0 Å². The van der Waals surface area contributed by atoms with Crippen LogP contribution < -0.4 is 0 Å². The van der Waals surface area contributed by atoms with Gasteiger partial charge < -0.3 is 0 Å². The number of hydrogen-bond donors (Lipinski definition) is 0. The van der Waals surface area contributed by atoms with Crippen LogP contribution in [0.2, 0.25) is 0 Å². The molecule has 19 aromatic rings. The molecule has 4 nitrogen and oxygen atoms in total. The van der Waals surface area contributed by atoms with Crippen molar-refractivity contribution in [2.75, 3.05) is 0 Å². The Balaban J connectivity index is 0.000000144. The van der Waals surface area contributed by atoms with Crippen LogP contribution in [0, 0.1) is 11.3 Å². The highest BCUT2D eigenvalue weighted by Gasteiger charge is 2.40. The lowest BCUT2D eigenvalue weighted by Crippen LogP contribution is -2.15. The Morgan fingerprint density at radius 3 is 0.966 bits per heavy atom. The molecule has 4 aliphatic rings. The Labute approximate surface area is 676 Å². The van der Waals surface area contributed by atoms with Gasteiger partial charge in [-0.3, -0.25) is 4.98 Å². The van der Waals surface area contributed by atoms with Crippen molar-refractivity contribution in [1.82, 2.24) is 15.0 Å². The van der Waals surface area contributed by atoms with Crippen molar-refractivity contribution in [1.29, 1.82) is 5.26 Å². The second kappa shape index (κ2) is 25.5. The molecule has 0 saturated heterocycles. The van der Waals surface area contributed by atoms with Crippen LogP contribution in [0.25, 0.3) is 188 Å². The van der Waals surface area contributed by atoms with Crippen LogP contribution in [0.1, 0.15) is 105 Å². The van der Waals surface area contributed by atoms with E-state index in [1.807, 2.05) is 24.4 Å². The topological polar surface area (TPSA) is 62.5 Å². The van der Waals surface area contributed by atoms with E-state index in [1.54, 1.807) is 0 Å². The maximum atomic E-state index is 9.63. The summed E-state index contributed by atoms with van der Waals surface area (Å²) in [5, 5.41) is 20.1. The highest BCUT2D eigenvalue weighted by molar-refractivity contribution is 6.19. The number of aromatic nitrogens is 3. The summed E-state index contributed by atoms with van der Waals surface area (Å²) in [7, 11) is 0. The molecule has 0 aliphatic heterocycles. The minimum Gasteiger partial charge on any atom is -0.256 e. The van der Waals surface area contributed by atoms with Crippen LogP contribution in [0.15, 0.2) is 340 Å². The summed E-state index contributed by atoms with van der Waals surface area (Å²) < 4.78 is 0. The molecule has 4 aliphatic carbocycles. The number of fused-ring (bicyclic) bond motifs is 20. The fourth-order valence-corrected chi connectivity index (χ4v) is 20.5. The molecule has 0 atom stereocenters. The van der Waals surface area contributed by atoms with E-state index in [1.165, 1.54) is 133 Å². The van der Waals surface area contributed by atoms with Crippen LogP contribution in [-0.2, 0) is 21.7 Å². The van der Waals surface area contributed by atoms with Gasteiger partial charge in [-0.15, -0.1) is 0 Å². The zero-order chi connectivity index (χ0) is 78.3. The van der Waals surface area contributed by atoms with E-state index in [2.05, 4.69) is 377 Å². The third-order valence-electron chi connectivity index (χ3n) is 26.6. The number of nitriles is 1. The molecule has 0 bridgehead atoms. The summed E-state index contributed by atoms with van der Waals surface area (Å²) in [4.78, 5) is 16.1. The van der Waals surface area contributed by atoms with Crippen LogP contribution >= 0.6 is 0 Å². The number of nitrogens with zero attached hydrogens (tertiary/aromatic N) is 4. The van der Waals surface area contributed by atoms with Crippen LogP contribution in [0.5, 0.6) is 0 Å². The quantitative estimate of drug-likeness (QED) is 0.118. The van der Waals surface area contributed by atoms with Gasteiger partial charge in [0.2, 0.25) is 0 Å². The average Bonchev–Trinajstić information content (AvgIpc) is 1.12. The van der Waals surface area contributed by atoms with E-state index in [-0.39, 0.29) is 21.7 Å². The van der Waals surface area contributed by atoms with Crippen molar-refractivity contribution in [2.24, 2.45) is 0 Å². The van der Waals surface area contributed by atoms with Gasteiger partial charge >= 0.3 is 0 Å². The maximum absolute atomic E-state index is 9.63. The summed E-state index contributed by atoms with van der Waals surface area (Å²) in [5.74, 6) is 0. The fraction of sp³-hybridized carbons (Fsp3) is 0.107. The first kappa shape index (κ1) is 68.8. The molecule has 3 heterocycles. The van der Waals surface area contributed by atoms with Crippen molar-refractivity contribution in [2.45, 2.75) is 77.0 Å². The van der Waals surface area contributed by atoms with E-state index in [0.29, 0.717) is 5.56 Å². The zero-order valence-corrected chi connectivity index (χ0v) is 66.1. The van der Waals surface area contributed by atoms with Gasteiger partial charge in [-0.05, 0) is 233 Å². The Hall–Kier alpha value is -14.0. The molecule has 16 aromatic carbocycles. The standard InChI is InChI=1S/C62H44N2.C50H36N2/c1-61(2)53-21-11-9-18-45(53)47-29-27-40(33-55(47)61)50-35-52-51(37-23-25-38(26-24-37)58-43-16-6-5-14-39(43)32-42-15-13-31-63-59(42)58)36-57(64-60(52)49-20-8-7-17-44(49)50)41-28-30-48-46-19-10-12-22-54(46)62(3,4)56(48)34-41;1-49(2)43-15-9-7-12-35(43)37-23-21-32(25-45(37)49)40-27-42-41(31-19-17-30(29-51)18-20-31)28-47(52-48(42)39-14-6-5-11-34(39)40)33-22-24-38-36-13-8-10-16-44(36)50(3,4)46(38)26-33/h5-36H,1-4H3;5-28H,1-4H3. The molecule has 0 amide bonds. The van der Waals surface area contributed by atoms with Gasteiger partial charge in [0.15, 0.2) is 0 Å². The third-order valence-corrected chi connectivity index (χ3v) is 26.6. The first-order chi connectivity index (χ1) is 56.5. The Morgan fingerprint density at radius 1 is 0.224 bits per heavy atom. The van der Waals surface area contributed by atoms with E-state index >= 15 is 0 Å². The van der Waals surface area contributed by atoms with Gasteiger partial charge in [-0.1, -0.05) is 316 Å². The molecule has 4 heteroatoms. The largest absolute Gasteiger partial charge is 0.256 e. The highest BCUT2D eigenvalue weighted by atomic mass is 14.7. The first-order valence-electron chi connectivity index (χ1n) is 40.6. The smallest absolute Gasteiger partial charge is 0.0991 e. The van der Waals surface area contributed by atoms with Gasteiger partial charge in [0.25, 0.3) is 0 Å². The van der Waals surface area contributed by atoms with E-state index in [4.69, 9.17) is 15.0 Å². The minimum absolute atomic E-state index is 0.0928. The Morgan fingerprint density at radius 2 is 0.543 bits per heavy atom. The monoisotopic (exact) mass is 1480 g/mol. The normalized spacial score (nSPS) is 14.3. The van der Waals surface area contributed by atoms with Gasteiger partial charge in [0.05, 0.1) is 39.6 Å². The lowest BCUT2D eigenvalue weighted by molar-refractivity contribution is 0.660. The second-order valence-corrected chi connectivity index (χ2v) is 34.4. The molecule has 0 spiro atoms. The van der Waals surface area contributed by atoms with Crippen molar-refractivity contribution >= 4 is 65.0 Å². The van der Waals surface area contributed by atoms with Crippen molar-refractivity contribution < 1.29 is 0 Å². The average molecular weight is 1480 g/mol. The predicted molar refractivity (Wildman–Crippen MR) is 484 cm³/mol. The van der Waals surface area contributed by atoms with Crippen LogP contribution in [0.4, 0.5) is 0 Å². The molecule has 3 aromatic heterocycles. The predicted octanol–water partition coefficient (Wildman–Crippen LogP) is 29.2. The lowest BCUT2D eigenvalue weighted by Gasteiger charge is -2.22. The molecule has 548 valence electrons.